The first kappa shape index (κ1) is 25.8. The highest BCUT2D eigenvalue weighted by atomic mass is 32.2. The number of carbonyl (C=O) groups excluding carboxylic acids is 3. The summed E-state index contributed by atoms with van der Waals surface area (Å²) < 4.78 is 4.74. The first-order valence-corrected chi connectivity index (χ1v) is 12.7. The lowest BCUT2D eigenvalue weighted by Gasteiger charge is -2.44. The van der Waals surface area contributed by atoms with Crippen molar-refractivity contribution in [2.75, 3.05) is 26.3 Å². The quantitative estimate of drug-likeness (QED) is 0.295. The molecule has 3 heterocycles. The van der Waals surface area contributed by atoms with Gasteiger partial charge in [-0.3, -0.25) is 14.4 Å². The zero-order valence-electron chi connectivity index (χ0n) is 20.3. The van der Waals surface area contributed by atoms with E-state index >= 15 is 0 Å². The van der Waals surface area contributed by atoms with Crippen molar-refractivity contribution in [1.29, 1.82) is 0 Å². The Morgan fingerprint density at radius 3 is 2.58 bits per heavy atom. The van der Waals surface area contributed by atoms with Crippen molar-refractivity contribution in [3.05, 3.63) is 25.3 Å². The highest BCUT2D eigenvalue weighted by Crippen LogP contribution is 2.68. The van der Waals surface area contributed by atoms with Gasteiger partial charge in [-0.2, -0.15) is 0 Å². The van der Waals surface area contributed by atoms with Crippen LogP contribution >= 0.6 is 11.8 Å². The monoisotopic (exact) mass is 478 g/mol. The number of amides is 2. The Kier molecular flexibility index (Phi) is 7.68. The number of aliphatic hydroxyl groups is 1. The van der Waals surface area contributed by atoms with Crippen LogP contribution in [0, 0.1) is 17.8 Å². The Hall–Kier alpha value is -1.80. The van der Waals surface area contributed by atoms with Crippen molar-refractivity contribution in [3.8, 4) is 0 Å². The molecule has 8 heteroatoms. The molecule has 3 rings (SSSR count). The number of ether oxygens (including phenoxy) is 1. The molecule has 7 nitrogen and oxygen atoms in total. The molecule has 1 N–H and O–H groups in total. The second-order valence-corrected chi connectivity index (χ2v) is 11.9. The standard InChI is InChI=1S/C25H38N2O5S/c1-7-11-27(24(4,5)6)22(30)20-25-16(3)15-17(33-25)18(23(31)32-14-8-2)19(25)21(29)26(20)12-9-10-13-28/h7-8,16-20,28H,1-2,9-15H2,3-6H3/t16?,17-,18+,19+,20?,25?/m1/s1. The molecule has 184 valence electrons. The molecule has 3 fully saturated rings. The number of thioether (sulfide) groups is 1. The van der Waals surface area contributed by atoms with Gasteiger partial charge < -0.3 is 19.6 Å². The second-order valence-electron chi connectivity index (χ2n) is 10.3. The van der Waals surface area contributed by atoms with Crippen LogP contribution < -0.4 is 0 Å². The first-order valence-electron chi connectivity index (χ1n) is 11.8. The summed E-state index contributed by atoms with van der Waals surface area (Å²) in [4.78, 5) is 44.6. The Bertz CT molecular complexity index is 809. The van der Waals surface area contributed by atoms with E-state index in [4.69, 9.17) is 4.74 Å². The number of carbonyl (C=O) groups is 3. The predicted octanol–water partition coefficient (Wildman–Crippen LogP) is 2.64. The van der Waals surface area contributed by atoms with Gasteiger partial charge in [0.2, 0.25) is 11.8 Å². The van der Waals surface area contributed by atoms with Crippen molar-refractivity contribution in [3.63, 3.8) is 0 Å². The fourth-order valence-electron chi connectivity index (χ4n) is 5.91. The van der Waals surface area contributed by atoms with E-state index in [1.54, 1.807) is 27.6 Å². The van der Waals surface area contributed by atoms with E-state index in [9.17, 15) is 19.5 Å². The molecule has 0 aromatic heterocycles. The number of unbranched alkanes of at least 4 members (excludes halogenated alkanes) is 1. The summed E-state index contributed by atoms with van der Waals surface area (Å²) in [6.07, 6.45) is 5.15. The fourth-order valence-corrected chi connectivity index (χ4v) is 8.31. The lowest BCUT2D eigenvalue weighted by atomic mass is 9.66. The Morgan fingerprint density at radius 1 is 1.30 bits per heavy atom. The molecule has 3 aliphatic heterocycles. The van der Waals surface area contributed by atoms with E-state index in [-0.39, 0.29) is 42.2 Å². The minimum absolute atomic E-state index is 0.0313. The molecule has 3 unspecified atom stereocenters. The smallest absolute Gasteiger partial charge is 0.311 e. The molecular weight excluding hydrogens is 440 g/mol. The van der Waals surface area contributed by atoms with Crippen LogP contribution in [0.15, 0.2) is 25.3 Å². The molecule has 33 heavy (non-hydrogen) atoms. The van der Waals surface area contributed by atoms with Gasteiger partial charge in [0.1, 0.15) is 12.6 Å². The van der Waals surface area contributed by atoms with Crippen molar-refractivity contribution in [2.45, 2.75) is 68.5 Å². The fraction of sp³-hybridized carbons (Fsp3) is 0.720. The van der Waals surface area contributed by atoms with Crippen molar-refractivity contribution < 1.29 is 24.2 Å². The van der Waals surface area contributed by atoms with E-state index in [0.717, 1.165) is 6.42 Å². The summed E-state index contributed by atoms with van der Waals surface area (Å²) in [5, 5.41) is 9.25. The Balaban J connectivity index is 2.06. The summed E-state index contributed by atoms with van der Waals surface area (Å²) in [6.45, 7) is 16.4. The third-order valence-electron chi connectivity index (χ3n) is 7.29. The predicted molar refractivity (Wildman–Crippen MR) is 130 cm³/mol. The number of nitrogens with zero attached hydrogens (tertiary/aromatic N) is 2. The molecule has 2 amide bonds. The topological polar surface area (TPSA) is 87.1 Å². The maximum atomic E-state index is 14.2. The van der Waals surface area contributed by atoms with Gasteiger partial charge in [0.05, 0.1) is 16.6 Å². The van der Waals surface area contributed by atoms with Gasteiger partial charge in [0, 0.05) is 30.5 Å². The van der Waals surface area contributed by atoms with Crippen molar-refractivity contribution in [2.24, 2.45) is 17.8 Å². The average Bonchev–Trinajstić information content (AvgIpc) is 3.33. The van der Waals surface area contributed by atoms with Crippen LogP contribution in [-0.2, 0) is 19.1 Å². The van der Waals surface area contributed by atoms with E-state index < -0.39 is 28.2 Å². The summed E-state index contributed by atoms with van der Waals surface area (Å²) >= 11 is 1.64. The Morgan fingerprint density at radius 2 is 2.00 bits per heavy atom. The third-order valence-corrected chi connectivity index (χ3v) is 9.37. The number of hydrogen-bond donors (Lipinski definition) is 1. The molecular formula is C25H38N2O5S. The van der Waals surface area contributed by atoms with E-state index in [1.165, 1.54) is 6.08 Å². The van der Waals surface area contributed by atoms with Crippen LogP contribution in [0.2, 0.25) is 0 Å². The SMILES string of the molecule is C=CCOC(=O)[C@@H]1[C@H]2C(=O)N(CCCCO)C(C(=O)N(CC=C)C(C)(C)C)C23S[C@@H]1CC3C. The second kappa shape index (κ2) is 9.82. The van der Waals surface area contributed by atoms with Gasteiger partial charge in [-0.25, -0.2) is 0 Å². The number of rotatable bonds is 10. The molecule has 2 bridgehead atoms. The zero-order chi connectivity index (χ0) is 24.6. The van der Waals surface area contributed by atoms with Gasteiger partial charge in [-0.05, 0) is 46.0 Å². The lowest BCUT2D eigenvalue weighted by Crippen LogP contribution is -2.60. The van der Waals surface area contributed by atoms with Crippen LogP contribution in [0.25, 0.3) is 0 Å². The lowest BCUT2D eigenvalue weighted by molar-refractivity contribution is -0.153. The number of hydrogen-bond acceptors (Lipinski definition) is 6. The number of esters is 1. The van der Waals surface area contributed by atoms with Gasteiger partial charge in [0.25, 0.3) is 0 Å². The minimum Gasteiger partial charge on any atom is -0.461 e. The molecule has 3 saturated heterocycles. The van der Waals surface area contributed by atoms with Crippen LogP contribution in [-0.4, -0.2) is 80.6 Å². The highest BCUT2D eigenvalue weighted by Gasteiger charge is 2.76. The number of fused-ring (bicyclic) bond motifs is 1. The van der Waals surface area contributed by atoms with E-state index in [2.05, 4.69) is 20.1 Å². The van der Waals surface area contributed by atoms with Crippen LogP contribution in [0.5, 0.6) is 0 Å². The van der Waals surface area contributed by atoms with Crippen molar-refractivity contribution >= 4 is 29.5 Å². The zero-order valence-corrected chi connectivity index (χ0v) is 21.1. The Labute approximate surface area is 201 Å². The molecule has 0 aliphatic carbocycles. The normalized spacial score (nSPS) is 32.6. The van der Waals surface area contributed by atoms with Crippen molar-refractivity contribution in [1.82, 2.24) is 9.80 Å². The van der Waals surface area contributed by atoms with Crippen LogP contribution in [0.3, 0.4) is 0 Å². The van der Waals surface area contributed by atoms with E-state index in [1.807, 2.05) is 20.8 Å². The van der Waals surface area contributed by atoms with Crippen LogP contribution in [0.4, 0.5) is 0 Å². The van der Waals surface area contributed by atoms with Gasteiger partial charge >= 0.3 is 5.97 Å². The summed E-state index contributed by atoms with van der Waals surface area (Å²) in [5.41, 5.74) is -0.452. The maximum Gasteiger partial charge on any atom is 0.311 e. The summed E-state index contributed by atoms with van der Waals surface area (Å²) in [5.74, 6) is -1.64. The maximum absolute atomic E-state index is 14.2. The highest BCUT2D eigenvalue weighted by molar-refractivity contribution is 8.02. The summed E-state index contributed by atoms with van der Waals surface area (Å²) in [7, 11) is 0. The van der Waals surface area contributed by atoms with Gasteiger partial charge in [0.15, 0.2) is 0 Å². The van der Waals surface area contributed by atoms with Crippen LogP contribution in [0.1, 0.15) is 47.0 Å². The molecule has 0 aromatic rings. The molecule has 6 atom stereocenters. The largest absolute Gasteiger partial charge is 0.461 e. The molecule has 0 radical (unpaired) electrons. The number of likely N-dealkylation sites (tertiary alicyclic amines) is 1. The molecule has 3 aliphatic rings. The molecule has 1 spiro atoms. The molecule has 0 saturated carbocycles. The first-order chi connectivity index (χ1) is 15.6. The molecule has 0 aromatic carbocycles. The summed E-state index contributed by atoms with van der Waals surface area (Å²) in [6, 6.07) is -0.657. The minimum atomic E-state index is -0.666. The van der Waals surface area contributed by atoms with E-state index in [0.29, 0.717) is 25.9 Å². The number of aliphatic hydroxyl groups excluding tert-OH is 1. The van der Waals surface area contributed by atoms with Gasteiger partial charge in [-0.15, -0.1) is 18.3 Å². The third kappa shape index (κ3) is 4.25. The average molecular weight is 479 g/mol. The van der Waals surface area contributed by atoms with Gasteiger partial charge in [-0.1, -0.05) is 25.7 Å².